The highest BCUT2D eigenvalue weighted by molar-refractivity contribution is 5.94. The Labute approximate surface area is 198 Å². The van der Waals surface area contributed by atoms with Crippen LogP contribution >= 0.6 is 0 Å². The molecule has 9 heteroatoms. The number of urea groups is 1. The van der Waals surface area contributed by atoms with E-state index in [0.29, 0.717) is 32.2 Å². The fraction of sp³-hybridized carbons (Fsp3) is 0.360. The van der Waals surface area contributed by atoms with Crippen LogP contribution in [-0.4, -0.2) is 60.2 Å². The van der Waals surface area contributed by atoms with E-state index in [2.05, 4.69) is 58.3 Å². The number of hydrogen-bond acceptors (Lipinski definition) is 7. The maximum absolute atomic E-state index is 11.8. The Kier molecular flexibility index (Phi) is 5.80. The molecule has 34 heavy (non-hydrogen) atoms. The van der Waals surface area contributed by atoms with Gasteiger partial charge in [0.1, 0.15) is 5.82 Å². The monoisotopic (exact) mass is 457 g/mol. The van der Waals surface area contributed by atoms with Gasteiger partial charge in [0, 0.05) is 42.8 Å². The van der Waals surface area contributed by atoms with Gasteiger partial charge in [0.15, 0.2) is 0 Å². The molecular weight excluding hydrogens is 430 g/mol. The summed E-state index contributed by atoms with van der Waals surface area (Å²) in [4.78, 5) is 27.3. The Hall–Kier alpha value is -4.06. The minimum Gasteiger partial charge on any atom is -0.467 e. The summed E-state index contributed by atoms with van der Waals surface area (Å²) in [5.74, 6) is 0.825. The van der Waals surface area contributed by atoms with Crippen LogP contribution in [0.5, 0.6) is 6.01 Å². The lowest BCUT2D eigenvalue weighted by Gasteiger charge is -2.41. The molecule has 1 saturated heterocycles. The molecule has 1 fully saturated rings. The van der Waals surface area contributed by atoms with E-state index in [0.717, 1.165) is 30.0 Å². The number of rotatable bonds is 4. The molecule has 1 aromatic heterocycles. The highest BCUT2D eigenvalue weighted by Crippen LogP contribution is 2.34. The standard InChI is InChI=1S/C25H27N7O2/c1-34-25-28-21-16-30(22-8-4-6-17-5-2-3-7-19(17)22)12-10-20(21)23(29-25)31-13-14-32(24(27)33)18(15-31)9-11-26/h2-8,18H,9-10,12-16H2,1H3,(H2,27,33)/t18-/m0/s1. The first-order chi connectivity index (χ1) is 16.6. The molecule has 1 atom stereocenters. The molecule has 2 aliphatic rings. The van der Waals surface area contributed by atoms with E-state index in [1.165, 1.54) is 16.5 Å². The fourth-order valence-electron chi connectivity index (χ4n) is 5.05. The number of fused-ring (bicyclic) bond motifs is 2. The Bertz CT molecular complexity index is 1270. The van der Waals surface area contributed by atoms with Crippen LogP contribution in [0.25, 0.3) is 10.8 Å². The number of carbonyl (C=O) groups excluding carboxylic acids is 1. The zero-order valence-corrected chi connectivity index (χ0v) is 19.1. The van der Waals surface area contributed by atoms with Crippen molar-refractivity contribution in [2.75, 3.05) is 43.1 Å². The number of ether oxygens (including phenoxy) is 1. The summed E-state index contributed by atoms with van der Waals surface area (Å²) < 4.78 is 5.45. The third-order valence-electron chi connectivity index (χ3n) is 6.70. The summed E-state index contributed by atoms with van der Waals surface area (Å²) >= 11 is 0. The largest absolute Gasteiger partial charge is 0.467 e. The molecule has 174 valence electrons. The summed E-state index contributed by atoms with van der Waals surface area (Å²) in [5.41, 5.74) is 8.77. The van der Waals surface area contributed by atoms with Gasteiger partial charge in [0.2, 0.25) is 0 Å². The number of nitriles is 1. The number of nitrogens with zero attached hydrogens (tertiary/aromatic N) is 6. The maximum atomic E-state index is 11.8. The summed E-state index contributed by atoms with van der Waals surface area (Å²) in [6, 6.07) is 16.5. The Morgan fingerprint density at radius 1 is 1.15 bits per heavy atom. The SMILES string of the molecule is COc1nc2c(c(N3CCN(C(N)=O)[C@@H](CC#N)C3)n1)CCN(c1cccc3ccccc13)C2. The predicted octanol–water partition coefficient (Wildman–Crippen LogP) is 2.68. The second-order valence-electron chi connectivity index (χ2n) is 8.62. The second-order valence-corrected chi connectivity index (χ2v) is 8.62. The molecule has 2 aromatic carbocycles. The van der Waals surface area contributed by atoms with Crippen molar-refractivity contribution in [3.05, 3.63) is 53.7 Å². The van der Waals surface area contributed by atoms with Crippen LogP contribution in [0, 0.1) is 11.3 Å². The van der Waals surface area contributed by atoms with Crippen molar-refractivity contribution in [2.24, 2.45) is 5.73 Å². The topological polar surface area (TPSA) is 112 Å². The third kappa shape index (κ3) is 3.92. The lowest BCUT2D eigenvalue weighted by atomic mass is 10.0. The maximum Gasteiger partial charge on any atom is 0.318 e. The van der Waals surface area contributed by atoms with Gasteiger partial charge in [-0.3, -0.25) is 0 Å². The summed E-state index contributed by atoms with van der Waals surface area (Å²) in [6.45, 7) is 3.02. The van der Waals surface area contributed by atoms with Crippen LogP contribution < -0.4 is 20.3 Å². The fourth-order valence-corrected chi connectivity index (χ4v) is 5.05. The van der Waals surface area contributed by atoms with Gasteiger partial charge in [0.25, 0.3) is 0 Å². The van der Waals surface area contributed by atoms with Crippen molar-refractivity contribution < 1.29 is 9.53 Å². The van der Waals surface area contributed by atoms with Gasteiger partial charge < -0.3 is 25.2 Å². The molecule has 0 spiro atoms. The number of anilines is 2. The molecule has 2 N–H and O–H groups in total. The van der Waals surface area contributed by atoms with Gasteiger partial charge in [-0.2, -0.15) is 15.2 Å². The van der Waals surface area contributed by atoms with E-state index in [4.69, 9.17) is 20.4 Å². The molecule has 5 rings (SSSR count). The van der Waals surface area contributed by atoms with E-state index >= 15 is 0 Å². The molecule has 0 saturated carbocycles. The van der Waals surface area contributed by atoms with E-state index < -0.39 is 6.03 Å². The van der Waals surface area contributed by atoms with E-state index in [1.807, 2.05) is 0 Å². The van der Waals surface area contributed by atoms with Crippen LogP contribution in [0.15, 0.2) is 42.5 Å². The number of piperazine rings is 1. The van der Waals surface area contributed by atoms with Crippen molar-refractivity contribution in [1.82, 2.24) is 14.9 Å². The highest BCUT2D eigenvalue weighted by atomic mass is 16.5. The second kappa shape index (κ2) is 9.06. The first kappa shape index (κ1) is 21.8. The molecule has 0 radical (unpaired) electrons. The van der Waals surface area contributed by atoms with E-state index in [9.17, 15) is 10.1 Å². The quantitative estimate of drug-likeness (QED) is 0.641. The number of primary amides is 1. The average Bonchev–Trinajstić information content (AvgIpc) is 2.87. The number of amides is 2. The molecule has 3 aromatic rings. The zero-order valence-electron chi connectivity index (χ0n) is 19.1. The van der Waals surface area contributed by atoms with Gasteiger partial charge in [-0.1, -0.05) is 36.4 Å². The number of methoxy groups -OCH3 is 1. The first-order valence-corrected chi connectivity index (χ1v) is 11.4. The third-order valence-corrected chi connectivity index (χ3v) is 6.70. The van der Waals surface area contributed by atoms with Crippen LogP contribution in [0.3, 0.4) is 0 Å². The van der Waals surface area contributed by atoms with E-state index in [1.54, 1.807) is 12.0 Å². The predicted molar refractivity (Wildman–Crippen MR) is 130 cm³/mol. The Morgan fingerprint density at radius 2 is 1.97 bits per heavy atom. The molecule has 0 aliphatic carbocycles. The van der Waals surface area contributed by atoms with Crippen LogP contribution in [0.4, 0.5) is 16.3 Å². The van der Waals surface area contributed by atoms with E-state index in [-0.39, 0.29) is 12.5 Å². The molecule has 0 unspecified atom stereocenters. The number of nitrogens with two attached hydrogens (primary N) is 1. The van der Waals surface area contributed by atoms with Crippen molar-refractivity contribution in [2.45, 2.75) is 25.4 Å². The molecule has 3 heterocycles. The van der Waals surface area contributed by atoms with Gasteiger partial charge in [-0.15, -0.1) is 0 Å². The summed E-state index contributed by atoms with van der Waals surface area (Å²) in [5, 5.41) is 11.7. The minimum absolute atomic E-state index is 0.221. The summed E-state index contributed by atoms with van der Waals surface area (Å²) in [7, 11) is 1.57. The number of benzene rings is 2. The normalized spacial score (nSPS) is 17.9. The lowest BCUT2D eigenvalue weighted by molar-refractivity contribution is 0.175. The number of hydrogen-bond donors (Lipinski definition) is 1. The van der Waals surface area contributed by atoms with Crippen LogP contribution in [-0.2, 0) is 13.0 Å². The van der Waals surface area contributed by atoms with Crippen molar-refractivity contribution in [3.63, 3.8) is 0 Å². The number of aromatic nitrogens is 2. The molecular formula is C25H27N7O2. The Balaban J connectivity index is 1.48. The molecule has 9 nitrogen and oxygen atoms in total. The van der Waals surface area contributed by atoms with Crippen molar-refractivity contribution >= 4 is 28.3 Å². The molecule has 2 aliphatic heterocycles. The first-order valence-electron chi connectivity index (χ1n) is 11.4. The Morgan fingerprint density at radius 3 is 2.76 bits per heavy atom. The van der Waals surface area contributed by atoms with Crippen LogP contribution in [0.1, 0.15) is 17.7 Å². The smallest absolute Gasteiger partial charge is 0.318 e. The number of carbonyl (C=O) groups is 1. The highest BCUT2D eigenvalue weighted by Gasteiger charge is 2.33. The van der Waals surface area contributed by atoms with Gasteiger partial charge in [0.05, 0.1) is 37.9 Å². The van der Waals surface area contributed by atoms with Gasteiger partial charge >= 0.3 is 12.0 Å². The lowest BCUT2D eigenvalue weighted by Crippen LogP contribution is -2.57. The van der Waals surface area contributed by atoms with Gasteiger partial charge in [-0.05, 0) is 17.9 Å². The average molecular weight is 458 g/mol. The van der Waals surface area contributed by atoms with Gasteiger partial charge in [-0.25, -0.2) is 4.79 Å². The van der Waals surface area contributed by atoms with Crippen LogP contribution in [0.2, 0.25) is 0 Å². The van der Waals surface area contributed by atoms with Crippen molar-refractivity contribution in [3.8, 4) is 12.1 Å². The zero-order chi connectivity index (χ0) is 23.7. The minimum atomic E-state index is -0.493. The molecule has 2 amide bonds. The summed E-state index contributed by atoms with van der Waals surface area (Å²) in [6.07, 6.45) is 1.01. The molecule has 0 bridgehead atoms. The van der Waals surface area contributed by atoms with Crippen molar-refractivity contribution in [1.29, 1.82) is 5.26 Å².